The maximum atomic E-state index is 12.4. The van der Waals surface area contributed by atoms with Gasteiger partial charge in [-0.05, 0) is 60.5 Å². The van der Waals surface area contributed by atoms with Crippen molar-refractivity contribution in [3.63, 3.8) is 0 Å². The number of hydrogen-bond acceptors (Lipinski definition) is 3. The van der Waals surface area contributed by atoms with Crippen LogP contribution in [0.3, 0.4) is 0 Å². The van der Waals surface area contributed by atoms with Gasteiger partial charge >= 0.3 is 5.97 Å². The number of carbonyl (C=O) groups is 2. The number of carboxylic acids is 1. The number of aromatic carboxylic acids is 1. The van der Waals surface area contributed by atoms with Crippen LogP contribution in [0.1, 0.15) is 27.6 Å². The molecule has 0 fully saturated rings. The number of benzene rings is 3. The third-order valence-corrected chi connectivity index (χ3v) is 3.95. The lowest BCUT2D eigenvalue weighted by atomic mass is 10.0. The van der Waals surface area contributed by atoms with Gasteiger partial charge in [0, 0.05) is 11.3 Å². The first-order valence-electron chi connectivity index (χ1n) is 8.55. The standard InChI is InChI=1S/C22H19NO4/c1-2-27-20-10-6-9-16(14-20)17-11-18(22(25)26)13-19(12-17)23-21(24)15-7-4-3-5-8-15/h3-14H,2H2,1H3,(H,23,24)(H,25,26). The van der Waals surface area contributed by atoms with E-state index in [1.54, 1.807) is 36.4 Å². The zero-order valence-electron chi connectivity index (χ0n) is 14.8. The summed E-state index contributed by atoms with van der Waals surface area (Å²) in [6.45, 7) is 2.44. The van der Waals surface area contributed by atoms with Gasteiger partial charge in [0.1, 0.15) is 5.75 Å². The van der Waals surface area contributed by atoms with Crippen LogP contribution in [-0.2, 0) is 0 Å². The number of rotatable bonds is 6. The van der Waals surface area contributed by atoms with E-state index in [4.69, 9.17) is 4.74 Å². The molecule has 0 aliphatic carbocycles. The molecule has 0 saturated heterocycles. The lowest BCUT2D eigenvalue weighted by Crippen LogP contribution is -2.12. The van der Waals surface area contributed by atoms with Crippen molar-refractivity contribution in [3.05, 3.63) is 83.9 Å². The molecule has 0 aliphatic rings. The number of ether oxygens (including phenoxy) is 1. The molecule has 3 aromatic carbocycles. The van der Waals surface area contributed by atoms with Gasteiger partial charge in [-0.15, -0.1) is 0 Å². The Labute approximate surface area is 157 Å². The van der Waals surface area contributed by atoms with Gasteiger partial charge in [-0.25, -0.2) is 4.79 Å². The summed E-state index contributed by atoms with van der Waals surface area (Å²) in [5.41, 5.74) is 2.50. The van der Waals surface area contributed by atoms with E-state index >= 15 is 0 Å². The van der Waals surface area contributed by atoms with Crippen LogP contribution in [-0.4, -0.2) is 23.6 Å². The van der Waals surface area contributed by atoms with E-state index in [0.717, 1.165) is 5.56 Å². The van der Waals surface area contributed by atoms with Gasteiger partial charge in [-0.2, -0.15) is 0 Å². The average Bonchev–Trinajstić information content (AvgIpc) is 2.69. The lowest BCUT2D eigenvalue weighted by Gasteiger charge is -2.11. The van der Waals surface area contributed by atoms with Gasteiger partial charge in [-0.1, -0.05) is 30.3 Å². The van der Waals surface area contributed by atoms with Crippen LogP contribution < -0.4 is 10.1 Å². The molecule has 0 bridgehead atoms. The normalized spacial score (nSPS) is 10.3. The molecule has 1 amide bonds. The molecule has 0 aliphatic heterocycles. The van der Waals surface area contributed by atoms with Crippen LogP contribution in [0.2, 0.25) is 0 Å². The summed E-state index contributed by atoms with van der Waals surface area (Å²) in [5, 5.41) is 12.2. The summed E-state index contributed by atoms with van der Waals surface area (Å²) in [7, 11) is 0. The van der Waals surface area contributed by atoms with Gasteiger partial charge in [0.25, 0.3) is 5.91 Å². The quantitative estimate of drug-likeness (QED) is 0.667. The molecule has 136 valence electrons. The maximum absolute atomic E-state index is 12.4. The minimum atomic E-state index is -1.06. The zero-order chi connectivity index (χ0) is 19.2. The highest BCUT2D eigenvalue weighted by Gasteiger charge is 2.12. The second kappa shape index (κ2) is 8.19. The Bertz CT molecular complexity index is 967. The molecular weight excluding hydrogens is 342 g/mol. The van der Waals surface area contributed by atoms with Crippen molar-refractivity contribution in [2.75, 3.05) is 11.9 Å². The SMILES string of the molecule is CCOc1cccc(-c2cc(NC(=O)c3ccccc3)cc(C(=O)O)c2)c1. The van der Waals surface area contributed by atoms with E-state index in [-0.39, 0.29) is 11.5 Å². The first kappa shape index (κ1) is 18.2. The monoisotopic (exact) mass is 361 g/mol. The van der Waals surface area contributed by atoms with E-state index in [0.29, 0.717) is 29.2 Å². The van der Waals surface area contributed by atoms with E-state index in [9.17, 15) is 14.7 Å². The molecule has 5 nitrogen and oxygen atoms in total. The first-order valence-corrected chi connectivity index (χ1v) is 8.55. The average molecular weight is 361 g/mol. The van der Waals surface area contributed by atoms with E-state index in [1.807, 2.05) is 37.3 Å². The topological polar surface area (TPSA) is 75.6 Å². The molecule has 0 radical (unpaired) electrons. The van der Waals surface area contributed by atoms with Crippen molar-refractivity contribution < 1.29 is 19.4 Å². The van der Waals surface area contributed by atoms with Crippen LogP contribution in [0.25, 0.3) is 11.1 Å². The molecule has 3 aromatic rings. The first-order chi connectivity index (χ1) is 13.1. The number of amides is 1. The summed E-state index contributed by atoms with van der Waals surface area (Å²) >= 11 is 0. The van der Waals surface area contributed by atoms with Gasteiger partial charge in [0.2, 0.25) is 0 Å². The molecule has 27 heavy (non-hydrogen) atoms. The summed E-state index contributed by atoms with van der Waals surface area (Å²) in [4.78, 5) is 23.9. The summed E-state index contributed by atoms with van der Waals surface area (Å²) < 4.78 is 5.51. The maximum Gasteiger partial charge on any atom is 0.335 e. The number of anilines is 1. The molecule has 3 rings (SSSR count). The third-order valence-electron chi connectivity index (χ3n) is 3.95. The molecule has 0 aromatic heterocycles. The molecule has 0 atom stereocenters. The highest BCUT2D eigenvalue weighted by Crippen LogP contribution is 2.28. The zero-order valence-corrected chi connectivity index (χ0v) is 14.8. The molecule has 0 heterocycles. The Hall–Kier alpha value is -3.60. The number of carboxylic acid groups (broad SMARTS) is 1. The van der Waals surface area contributed by atoms with Gasteiger partial charge in [0.05, 0.1) is 12.2 Å². The Morgan fingerprint density at radius 2 is 1.67 bits per heavy atom. The minimum Gasteiger partial charge on any atom is -0.494 e. The smallest absolute Gasteiger partial charge is 0.335 e. The van der Waals surface area contributed by atoms with Crippen molar-refractivity contribution >= 4 is 17.6 Å². The van der Waals surface area contributed by atoms with Gasteiger partial charge < -0.3 is 15.2 Å². The van der Waals surface area contributed by atoms with E-state index in [2.05, 4.69) is 5.32 Å². The number of nitrogens with one attached hydrogen (secondary N) is 1. The van der Waals surface area contributed by atoms with Gasteiger partial charge in [-0.3, -0.25) is 4.79 Å². The van der Waals surface area contributed by atoms with Crippen LogP contribution in [0.5, 0.6) is 5.75 Å². The predicted octanol–water partition coefficient (Wildman–Crippen LogP) is 4.70. The van der Waals surface area contributed by atoms with Crippen LogP contribution in [0.15, 0.2) is 72.8 Å². The fourth-order valence-corrected chi connectivity index (χ4v) is 2.71. The Balaban J connectivity index is 1.97. The van der Waals surface area contributed by atoms with Crippen molar-refractivity contribution in [2.24, 2.45) is 0 Å². The molecule has 2 N–H and O–H groups in total. The van der Waals surface area contributed by atoms with Crippen molar-refractivity contribution in [1.29, 1.82) is 0 Å². The molecule has 0 spiro atoms. The summed E-state index contributed by atoms with van der Waals surface area (Å²) in [5.74, 6) is -0.661. The predicted molar refractivity (Wildman–Crippen MR) is 104 cm³/mol. The second-order valence-electron chi connectivity index (χ2n) is 5.89. The Morgan fingerprint density at radius 3 is 2.37 bits per heavy atom. The minimum absolute atomic E-state index is 0.0951. The van der Waals surface area contributed by atoms with E-state index in [1.165, 1.54) is 6.07 Å². The summed E-state index contributed by atoms with van der Waals surface area (Å²) in [6.07, 6.45) is 0. The van der Waals surface area contributed by atoms with Crippen LogP contribution in [0, 0.1) is 0 Å². The number of carbonyl (C=O) groups excluding carboxylic acids is 1. The summed E-state index contributed by atoms with van der Waals surface area (Å²) in [6, 6.07) is 20.9. The van der Waals surface area contributed by atoms with Crippen molar-refractivity contribution in [2.45, 2.75) is 6.92 Å². The number of hydrogen-bond donors (Lipinski definition) is 2. The fraction of sp³-hybridized carbons (Fsp3) is 0.0909. The van der Waals surface area contributed by atoms with Crippen LogP contribution >= 0.6 is 0 Å². The molecular formula is C22H19NO4. The largest absolute Gasteiger partial charge is 0.494 e. The molecule has 5 heteroatoms. The highest BCUT2D eigenvalue weighted by atomic mass is 16.5. The van der Waals surface area contributed by atoms with Gasteiger partial charge in [0.15, 0.2) is 0 Å². The Morgan fingerprint density at radius 1 is 0.889 bits per heavy atom. The molecule has 0 saturated carbocycles. The molecule has 0 unspecified atom stereocenters. The Kier molecular flexibility index (Phi) is 5.52. The fourth-order valence-electron chi connectivity index (χ4n) is 2.71. The van der Waals surface area contributed by atoms with E-state index < -0.39 is 5.97 Å². The van der Waals surface area contributed by atoms with Crippen molar-refractivity contribution in [3.8, 4) is 16.9 Å². The second-order valence-corrected chi connectivity index (χ2v) is 5.89. The van der Waals surface area contributed by atoms with Crippen LogP contribution in [0.4, 0.5) is 5.69 Å². The third kappa shape index (κ3) is 4.52. The highest BCUT2D eigenvalue weighted by molar-refractivity contribution is 6.05. The lowest BCUT2D eigenvalue weighted by molar-refractivity contribution is 0.0696. The van der Waals surface area contributed by atoms with Crippen molar-refractivity contribution in [1.82, 2.24) is 0 Å².